The summed E-state index contributed by atoms with van der Waals surface area (Å²) in [5.74, 6) is 1.77. The molecule has 260 valence electrons. The molecule has 0 unspecified atom stereocenters. The third-order valence-corrected chi connectivity index (χ3v) is 12.3. The van der Waals surface area contributed by atoms with Crippen LogP contribution in [0, 0.1) is 0 Å². The van der Waals surface area contributed by atoms with E-state index in [1.165, 1.54) is 40.2 Å². The number of methoxy groups -OCH3 is 2. The molecule has 0 atom stereocenters. The normalized spacial score (nSPS) is 11.5. The van der Waals surface area contributed by atoms with E-state index >= 15 is 0 Å². The Balaban J connectivity index is 0.000000219. The molecule has 0 heterocycles. The van der Waals surface area contributed by atoms with Gasteiger partial charge in [-0.1, -0.05) is 67.1 Å². The van der Waals surface area contributed by atoms with Crippen molar-refractivity contribution in [1.82, 2.24) is 0 Å². The maximum absolute atomic E-state index is 12.8. The van der Waals surface area contributed by atoms with Crippen molar-refractivity contribution in [3.8, 4) is 11.5 Å². The molecule has 6 rings (SSSR count). The predicted molar refractivity (Wildman–Crippen MR) is 185 cm³/mol. The van der Waals surface area contributed by atoms with Gasteiger partial charge in [-0.2, -0.15) is 38.5 Å². The van der Waals surface area contributed by atoms with E-state index in [0.717, 1.165) is 41.1 Å². The molecule has 0 N–H and O–H groups in total. The van der Waals surface area contributed by atoms with Crippen molar-refractivity contribution in [3.05, 3.63) is 157 Å². The van der Waals surface area contributed by atoms with Gasteiger partial charge in [0.05, 0.1) is 25.3 Å². The van der Waals surface area contributed by atoms with Crippen molar-refractivity contribution in [3.63, 3.8) is 0 Å². The number of ether oxygens (including phenoxy) is 2. The molecule has 0 saturated carbocycles. The Morgan fingerprint density at radius 1 is 0.510 bits per heavy atom. The maximum Gasteiger partial charge on any atom is 0.416 e. The molecule has 0 saturated heterocycles. The molecule has 11 heteroatoms. The summed E-state index contributed by atoms with van der Waals surface area (Å²) in [5, 5.41) is 6.11. The van der Waals surface area contributed by atoms with Crippen LogP contribution in [0.1, 0.15) is 11.1 Å². The summed E-state index contributed by atoms with van der Waals surface area (Å²) in [6.07, 6.45) is -8.87. The first-order valence-corrected chi connectivity index (χ1v) is 17.3. The van der Waals surface area contributed by atoms with Crippen molar-refractivity contribution >= 4 is 47.7 Å². The number of hydrogen-bond acceptors (Lipinski definition) is 2. The zero-order chi connectivity index (χ0) is 34.3. The van der Waals surface area contributed by atoms with E-state index in [-0.39, 0.29) is 17.1 Å². The Kier molecular flexibility index (Phi) is 12.9. The summed E-state index contributed by atoms with van der Waals surface area (Å²) < 4.78 is 87.2. The summed E-state index contributed by atoms with van der Waals surface area (Å²) in [4.78, 5) is 0. The molecule has 6 aromatic rings. The van der Waals surface area contributed by atoms with Gasteiger partial charge in [0.15, 0.2) is 0 Å². The summed E-state index contributed by atoms with van der Waals surface area (Å²) in [5.41, 5.74) is -1.52. The largest absolute Gasteiger partial charge is 0.747 e. The van der Waals surface area contributed by atoms with Gasteiger partial charge >= 0.3 is 12.4 Å². The van der Waals surface area contributed by atoms with Gasteiger partial charge in [-0.25, -0.2) is 20.1 Å². The van der Waals surface area contributed by atoms with E-state index < -0.39 is 39.3 Å². The SMILES string of the molecule is COc1ccc(P(c2ccc(OC)cc2)[c-]2cccc2)cc1.FC(F)(F)c1ccc(P(c2ccc(C(F)(F)F)cc2)[c-]2[cH-][cH-][cH-][cH-]2)cc1.[Fe]. The first-order chi connectivity index (χ1) is 23.0. The Hall–Kier alpha value is -3.86. The van der Waals surface area contributed by atoms with Crippen LogP contribution in [0.25, 0.3) is 0 Å². The molecular weight excluding hydrogens is 720 g/mol. The Morgan fingerprint density at radius 2 is 0.837 bits per heavy atom. The van der Waals surface area contributed by atoms with Gasteiger partial charge in [-0.05, 0) is 59.1 Å². The molecule has 0 fully saturated rings. The van der Waals surface area contributed by atoms with Crippen molar-refractivity contribution in [2.45, 2.75) is 12.4 Å². The molecule has 0 aliphatic rings. The van der Waals surface area contributed by atoms with Crippen LogP contribution >= 0.6 is 15.8 Å². The second kappa shape index (κ2) is 16.7. The smallest absolute Gasteiger partial charge is 0.416 e. The van der Waals surface area contributed by atoms with Crippen LogP contribution in [-0.4, -0.2) is 14.2 Å². The van der Waals surface area contributed by atoms with Gasteiger partial charge < -0.3 is 39.0 Å². The fourth-order valence-electron chi connectivity index (χ4n) is 4.98. The quantitative estimate of drug-likeness (QED) is 0.0674. The summed E-state index contributed by atoms with van der Waals surface area (Å²) in [7, 11) is 1.59. The second-order valence-electron chi connectivity index (χ2n) is 10.4. The van der Waals surface area contributed by atoms with Crippen LogP contribution in [0.15, 0.2) is 146 Å². The number of rotatable bonds is 8. The van der Waals surface area contributed by atoms with Crippen LogP contribution in [0.3, 0.4) is 0 Å². The zero-order valence-corrected chi connectivity index (χ0v) is 29.1. The summed E-state index contributed by atoms with van der Waals surface area (Å²) in [6, 6.07) is 42.1. The molecule has 49 heavy (non-hydrogen) atoms. The molecule has 0 aromatic heterocycles. The maximum atomic E-state index is 12.8. The average Bonchev–Trinajstić information content (AvgIpc) is 3.82. The van der Waals surface area contributed by atoms with Crippen molar-refractivity contribution in [1.29, 1.82) is 0 Å². The van der Waals surface area contributed by atoms with Crippen LogP contribution < -0.4 is 41.3 Å². The average molecular weight is 750 g/mol. The molecule has 0 spiro atoms. The molecule has 6 aromatic carbocycles. The standard InChI is InChI=1S/C19H12F6P.C19H18O2P.Fe/c20-18(21,22)13-5-9-16(10-6-13)26(15-3-1-2-4-15)17-11-7-14(8-12-17)19(23,24)25;1-20-15-7-11-18(12-8-15)22(17-5-3-4-6-17)19-13-9-16(21-2)10-14-19;/h1-12H;3-14H,1-2H3;/q-5;-1;. The van der Waals surface area contributed by atoms with Crippen LogP contribution in [-0.2, 0) is 29.4 Å². The van der Waals surface area contributed by atoms with Crippen LogP contribution in [0.5, 0.6) is 11.5 Å². The number of hydrogen-bond donors (Lipinski definition) is 0. The second-order valence-corrected chi connectivity index (χ2v) is 14.9. The molecule has 2 nitrogen and oxygen atoms in total. The molecule has 0 radical (unpaired) electrons. The minimum atomic E-state index is -4.43. The molecule has 0 bridgehead atoms. The molecule has 0 amide bonds. The number of halogens is 6. The number of alkyl halides is 6. The predicted octanol–water partition coefficient (Wildman–Crippen LogP) is 8.38. The summed E-state index contributed by atoms with van der Waals surface area (Å²) >= 11 is 0. The van der Waals surface area contributed by atoms with Crippen LogP contribution in [0.2, 0.25) is 0 Å². The van der Waals surface area contributed by atoms with Gasteiger partial charge in [0, 0.05) is 17.1 Å². The fraction of sp³-hybridized carbons (Fsp3) is 0.105. The van der Waals surface area contributed by atoms with Crippen LogP contribution in [0.4, 0.5) is 26.3 Å². The topological polar surface area (TPSA) is 18.5 Å². The zero-order valence-electron chi connectivity index (χ0n) is 26.2. The monoisotopic (exact) mass is 750 g/mol. The van der Waals surface area contributed by atoms with Crippen molar-refractivity contribution < 1.29 is 52.9 Å². The van der Waals surface area contributed by atoms with E-state index in [9.17, 15) is 26.3 Å². The van der Waals surface area contributed by atoms with E-state index in [4.69, 9.17) is 9.47 Å². The summed E-state index contributed by atoms with van der Waals surface area (Å²) in [6.45, 7) is 0. The van der Waals surface area contributed by atoms with Crippen molar-refractivity contribution in [2.75, 3.05) is 14.2 Å². The first kappa shape index (κ1) is 37.9. The minimum absolute atomic E-state index is 0. The van der Waals surface area contributed by atoms with E-state index in [1.54, 1.807) is 26.4 Å². The van der Waals surface area contributed by atoms with E-state index in [0.29, 0.717) is 10.6 Å². The van der Waals surface area contributed by atoms with Gasteiger partial charge in [-0.3, -0.25) is 0 Å². The fourth-order valence-corrected chi connectivity index (χ4v) is 9.50. The van der Waals surface area contributed by atoms with Gasteiger partial charge in [0.25, 0.3) is 0 Å². The minimum Gasteiger partial charge on any atom is -0.747 e. The number of benzene rings is 4. The molecule has 0 aliphatic heterocycles. The van der Waals surface area contributed by atoms with E-state index in [2.05, 4.69) is 48.5 Å². The van der Waals surface area contributed by atoms with E-state index in [1.807, 2.05) is 36.4 Å². The Morgan fingerprint density at radius 3 is 1.16 bits per heavy atom. The Labute approximate surface area is 294 Å². The van der Waals surface area contributed by atoms with Crippen molar-refractivity contribution in [2.24, 2.45) is 0 Å². The molecule has 0 aliphatic carbocycles. The first-order valence-electron chi connectivity index (χ1n) is 14.6. The Bertz CT molecular complexity index is 1730. The third kappa shape index (κ3) is 9.65. The van der Waals surface area contributed by atoms with Gasteiger partial charge in [0.2, 0.25) is 0 Å². The molecular formula is C38H30F6FeO2P2-6. The third-order valence-electron chi connectivity index (χ3n) is 7.37. The van der Waals surface area contributed by atoms with Gasteiger partial charge in [-0.15, -0.1) is 5.30 Å². The van der Waals surface area contributed by atoms with Gasteiger partial charge in [0.1, 0.15) is 11.5 Å².